The molecule has 0 radical (unpaired) electrons. The second-order valence-corrected chi connectivity index (χ2v) is 3.14. The predicted molar refractivity (Wildman–Crippen MR) is 50.5 cm³/mol. The number of aromatic nitrogens is 1. The molecule has 13 heavy (non-hydrogen) atoms. The highest BCUT2D eigenvalue weighted by Crippen LogP contribution is 2.09. The summed E-state index contributed by atoms with van der Waals surface area (Å²) < 4.78 is 5.03. The minimum Gasteiger partial charge on any atom is -0.361 e. The maximum atomic E-state index is 5.03. The van der Waals surface area contributed by atoms with Crippen molar-refractivity contribution >= 4 is 0 Å². The van der Waals surface area contributed by atoms with Crippen molar-refractivity contribution in [3.63, 3.8) is 0 Å². The van der Waals surface area contributed by atoms with Crippen molar-refractivity contribution in [3.05, 3.63) is 53.4 Å². The molecule has 0 amide bonds. The summed E-state index contributed by atoms with van der Waals surface area (Å²) in [6.45, 7) is 2.09. The summed E-state index contributed by atoms with van der Waals surface area (Å²) in [5.74, 6) is 0.908. The molecule has 2 nitrogen and oxygen atoms in total. The van der Waals surface area contributed by atoms with Crippen molar-refractivity contribution in [1.82, 2.24) is 5.16 Å². The Balaban J connectivity index is 2.19. The summed E-state index contributed by atoms with van der Waals surface area (Å²) >= 11 is 0. The first kappa shape index (κ1) is 8.05. The first-order valence-corrected chi connectivity index (χ1v) is 4.30. The van der Waals surface area contributed by atoms with Crippen molar-refractivity contribution < 1.29 is 4.52 Å². The van der Waals surface area contributed by atoms with Crippen LogP contribution in [-0.4, -0.2) is 5.16 Å². The minimum atomic E-state index is 0.821. The molecule has 0 bridgehead atoms. The van der Waals surface area contributed by atoms with Crippen molar-refractivity contribution in [2.75, 3.05) is 0 Å². The number of aryl methyl sites for hydroxylation is 1. The van der Waals surface area contributed by atoms with Gasteiger partial charge in [-0.25, -0.2) is 0 Å². The molecule has 0 N–H and O–H groups in total. The van der Waals surface area contributed by atoms with Gasteiger partial charge >= 0.3 is 0 Å². The topological polar surface area (TPSA) is 26.0 Å². The maximum absolute atomic E-state index is 5.03. The van der Waals surface area contributed by atoms with Gasteiger partial charge < -0.3 is 4.52 Å². The zero-order chi connectivity index (χ0) is 9.10. The third kappa shape index (κ3) is 1.96. The van der Waals surface area contributed by atoms with E-state index in [4.69, 9.17) is 4.52 Å². The number of benzene rings is 1. The minimum absolute atomic E-state index is 0.821. The van der Waals surface area contributed by atoms with E-state index < -0.39 is 0 Å². The molecule has 0 aliphatic heterocycles. The van der Waals surface area contributed by atoms with Crippen molar-refractivity contribution in [1.29, 1.82) is 0 Å². The zero-order valence-electron chi connectivity index (χ0n) is 7.53. The molecule has 2 heteroatoms. The SMILES string of the molecule is Cc1cccc(Cc2ccno2)c1. The summed E-state index contributed by atoms with van der Waals surface area (Å²) in [6, 6.07) is 10.3. The van der Waals surface area contributed by atoms with E-state index in [1.54, 1.807) is 6.20 Å². The van der Waals surface area contributed by atoms with Crippen LogP contribution in [0.2, 0.25) is 0 Å². The fourth-order valence-electron chi connectivity index (χ4n) is 1.36. The van der Waals surface area contributed by atoms with Crippen LogP contribution < -0.4 is 0 Å². The molecule has 1 heterocycles. The van der Waals surface area contributed by atoms with Gasteiger partial charge in [-0.15, -0.1) is 0 Å². The molecule has 0 fully saturated rings. The molecule has 2 rings (SSSR count). The molecule has 0 unspecified atom stereocenters. The van der Waals surface area contributed by atoms with E-state index in [2.05, 4.69) is 36.3 Å². The van der Waals surface area contributed by atoms with Crippen LogP contribution in [0.3, 0.4) is 0 Å². The van der Waals surface area contributed by atoms with Crippen LogP contribution in [0.25, 0.3) is 0 Å². The summed E-state index contributed by atoms with van der Waals surface area (Å²) in [7, 11) is 0. The molecule has 0 saturated heterocycles. The first-order valence-electron chi connectivity index (χ1n) is 4.30. The average molecular weight is 173 g/mol. The quantitative estimate of drug-likeness (QED) is 0.697. The Morgan fingerprint density at radius 2 is 2.23 bits per heavy atom. The van der Waals surface area contributed by atoms with Crippen LogP contribution in [-0.2, 0) is 6.42 Å². The Labute approximate surface area is 77.2 Å². The Morgan fingerprint density at radius 1 is 1.31 bits per heavy atom. The molecule has 0 aliphatic rings. The highest BCUT2D eigenvalue weighted by molar-refractivity contribution is 5.25. The third-order valence-electron chi connectivity index (χ3n) is 1.95. The second kappa shape index (κ2) is 3.44. The van der Waals surface area contributed by atoms with Gasteiger partial charge in [-0.1, -0.05) is 35.0 Å². The first-order chi connectivity index (χ1) is 6.34. The van der Waals surface area contributed by atoms with Gasteiger partial charge in [0.25, 0.3) is 0 Å². The zero-order valence-corrected chi connectivity index (χ0v) is 7.53. The van der Waals surface area contributed by atoms with Gasteiger partial charge in [0, 0.05) is 12.5 Å². The number of hydrogen-bond donors (Lipinski definition) is 0. The van der Waals surface area contributed by atoms with Crippen LogP contribution in [0.15, 0.2) is 41.1 Å². The maximum Gasteiger partial charge on any atom is 0.141 e. The Kier molecular flexibility index (Phi) is 2.13. The summed E-state index contributed by atoms with van der Waals surface area (Å²) in [5, 5.41) is 3.67. The van der Waals surface area contributed by atoms with Crippen LogP contribution in [0.1, 0.15) is 16.9 Å². The van der Waals surface area contributed by atoms with E-state index in [1.807, 2.05) is 6.07 Å². The van der Waals surface area contributed by atoms with Crippen LogP contribution in [0, 0.1) is 6.92 Å². The molecule has 1 aromatic heterocycles. The molecule has 2 aromatic rings. The fraction of sp³-hybridized carbons (Fsp3) is 0.182. The fourth-order valence-corrected chi connectivity index (χ4v) is 1.36. The van der Waals surface area contributed by atoms with E-state index in [0.29, 0.717) is 0 Å². The molecule has 0 atom stereocenters. The van der Waals surface area contributed by atoms with Crippen LogP contribution in [0.4, 0.5) is 0 Å². The molecule has 66 valence electrons. The molecule has 0 saturated carbocycles. The summed E-state index contributed by atoms with van der Waals surface area (Å²) in [6.07, 6.45) is 2.49. The standard InChI is InChI=1S/C11H11NO/c1-9-3-2-4-10(7-9)8-11-5-6-12-13-11/h2-7H,8H2,1H3. The summed E-state index contributed by atoms with van der Waals surface area (Å²) in [5.41, 5.74) is 2.54. The van der Waals surface area contributed by atoms with Gasteiger partial charge in [0.15, 0.2) is 0 Å². The average Bonchev–Trinajstić information content (AvgIpc) is 2.57. The van der Waals surface area contributed by atoms with Crippen LogP contribution in [0.5, 0.6) is 0 Å². The number of nitrogens with zero attached hydrogens (tertiary/aromatic N) is 1. The molecule has 1 aromatic carbocycles. The number of hydrogen-bond acceptors (Lipinski definition) is 2. The van der Waals surface area contributed by atoms with Gasteiger partial charge in [-0.05, 0) is 12.5 Å². The van der Waals surface area contributed by atoms with Gasteiger partial charge in [0.2, 0.25) is 0 Å². The van der Waals surface area contributed by atoms with Crippen LogP contribution >= 0.6 is 0 Å². The third-order valence-corrected chi connectivity index (χ3v) is 1.95. The predicted octanol–water partition coefficient (Wildman–Crippen LogP) is 2.57. The largest absolute Gasteiger partial charge is 0.361 e. The van der Waals surface area contributed by atoms with Gasteiger partial charge in [-0.2, -0.15) is 0 Å². The molecular weight excluding hydrogens is 162 g/mol. The highest BCUT2D eigenvalue weighted by atomic mass is 16.5. The van der Waals surface area contributed by atoms with E-state index in [1.165, 1.54) is 11.1 Å². The van der Waals surface area contributed by atoms with Crippen molar-refractivity contribution in [2.45, 2.75) is 13.3 Å². The summed E-state index contributed by atoms with van der Waals surface area (Å²) in [4.78, 5) is 0. The van der Waals surface area contributed by atoms with Gasteiger partial charge in [0.1, 0.15) is 5.76 Å². The van der Waals surface area contributed by atoms with Gasteiger partial charge in [-0.3, -0.25) is 0 Å². The normalized spacial score (nSPS) is 10.2. The van der Waals surface area contributed by atoms with E-state index >= 15 is 0 Å². The lowest BCUT2D eigenvalue weighted by atomic mass is 10.1. The second-order valence-electron chi connectivity index (χ2n) is 3.14. The Hall–Kier alpha value is -1.57. The van der Waals surface area contributed by atoms with E-state index in [0.717, 1.165) is 12.2 Å². The molecule has 0 aliphatic carbocycles. The highest BCUT2D eigenvalue weighted by Gasteiger charge is 1.98. The molecular formula is C11H11NO. The smallest absolute Gasteiger partial charge is 0.141 e. The van der Waals surface area contributed by atoms with E-state index in [9.17, 15) is 0 Å². The van der Waals surface area contributed by atoms with Crippen molar-refractivity contribution in [3.8, 4) is 0 Å². The van der Waals surface area contributed by atoms with E-state index in [-0.39, 0.29) is 0 Å². The van der Waals surface area contributed by atoms with Crippen molar-refractivity contribution in [2.24, 2.45) is 0 Å². The molecule has 0 spiro atoms. The number of rotatable bonds is 2. The Morgan fingerprint density at radius 3 is 2.92 bits per heavy atom. The lowest BCUT2D eigenvalue weighted by molar-refractivity contribution is 0.389. The monoisotopic (exact) mass is 173 g/mol. The lowest BCUT2D eigenvalue weighted by Crippen LogP contribution is -1.85. The van der Waals surface area contributed by atoms with Gasteiger partial charge in [0.05, 0.1) is 6.20 Å². The Bertz CT molecular complexity index is 379. The lowest BCUT2D eigenvalue weighted by Gasteiger charge is -1.98.